The Morgan fingerprint density at radius 1 is 0.700 bits per heavy atom. The van der Waals surface area contributed by atoms with Gasteiger partial charge in [-0.2, -0.15) is 0 Å². The van der Waals surface area contributed by atoms with E-state index in [4.69, 9.17) is 5.73 Å². The van der Waals surface area contributed by atoms with Crippen LogP contribution in [0.2, 0.25) is 0 Å². The van der Waals surface area contributed by atoms with E-state index in [1.54, 1.807) is 34.6 Å². The largest absolute Gasteiger partial charge is 0.480 e. The molecule has 0 aliphatic rings. The highest BCUT2D eigenvalue weighted by molar-refractivity contribution is 5.94. The van der Waals surface area contributed by atoms with Crippen molar-refractivity contribution in [2.24, 2.45) is 29.4 Å². The SMILES string of the molecule is CC[C@H](C)[C@H](NC(=O)[C@@H](NC(=O)[C@@H](N)C(C)C)C(C)C)C(=O)N[C@H](C(=O)O)C(C)C. The van der Waals surface area contributed by atoms with Crippen LogP contribution in [0.3, 0.4) is 0 Å². The molecule has 30 heavy (non-hydrogen) atoms. The smallest absolute Gasteiger partial charge is 0.326 e. The molecule has 0 saturated carbocycles. The summed E-state index contributed by atoms with van der Waals surface area (Å²) in [5.41, 5.74) is 5.88. The molecule has 0 aromatic heterocycles. The summed E-state index contributed by atoms with van der Waals surface area (Å²) in [6.45, 7) is 14.2. The molecule has 0 aromatic carbocycles. The van der Waals surface area contributed by atoms with Crippen LogP contribution in [0.25, 0.3) is 0 Å². The third-order valence-corrected chi connectivity index (χ3v) is 5.29. The van der Waals surface area contributed by atoms with Gasteiger partial charge >= 0.3 is 5.97 Å². The number of amides is 3. The topological polar surface area (TPSA) is 151 Å². The highest BCUT2D eigenvalue weighted by Gasteiger charge is 2.34. The normalized spacial score (nSPS) is 16.5. The highest BCUT2D eigenvalue weighted by Crippen LogP contribution is 2.12. The lowest BCUT2D eigenvalue weighted by atomic mass is 9.95. The third kappa shape index (κ3) is 8.30. The van der Waals surface area contributed by atoms with Crippen molar-refractivity contribution in [3.8, 4) is 0 Å². The summed E-state index contributed by atoms with van der Waals surface area (Å²) in [5.74, 6) is -3.54. The molecule has 0 rings (SSSR count). The molecular formula is C21H40N4O5. The molecule has 9 heteroatoms. The van der Waals surface area contributed by atoms with Crippen LogP contribution < -0.4 is 21.7 Å². The second kappa shape index (κ2) is 12.5. The fourth-order valence-corrected chi connectivity index (χ4v) is 2.79. The molecule has 174 valence electrons. The number of carboxylic acid groups (broad SMARTS) is 1. The number of aliphatic carboxylic acids is 1. The summed E-state index contributed by atoms with van der Waals surface area (Å²) in [7, 11) is 0. The van der Waals surface area contributed by atoms with Crippen LogP contribution in [0.4, 0.5) is 0 Å². The van der Waals surface area contributed by atoms with Crippen LogP contribution in [0, 0.1) is 23.7 Å². The molecule has 0 radical (unpaired) electrons. The lowest BCUT2D eigenvalue weighted by Gasteiger charge is -2.30. The van der Waals surface area contributed by atoms with E-state index in [2.05, 4.69) is 16.0 Å². The quantitative estimate of drug-likeness (QED) is 0.311. The summed E-state index contributed by atoms with van der Waals surface area (Å²) in [5, 5.41) is 17.2. The van der Waals surface area contributed by atoms with E-state index in [0.29, 0.717) is 6.42 Å². The predicted molar refractivity (Wildman–Crippen MR) is 115 cm³/mol. The summed E-state index contributed by atoms with van der Waals surface area (Å²) in [4.78, 5) is 49.5. The highest BCUT2D eigenvalue weighted by atomic mass is 16.4. The first-order valence-electron chi connectivity index (χ1n) is 10.6. The lowest BCUT2D eigenvalue weighted by molar-refractivity contribution is -0.144. The summed E-state index contributed by atoms with van der Waals surface area (Å²) >= 11 is 0. The minimum absolute atomic E-state index is 0.0940. The van der Waals surface area contributed by atoms with Gasteiger partial charge in [0.2, 0.25) is 17.7 Å². The number of hydrogen-bond acceptors (Lipinski definition) is 5. The van der Waals surface area contributed by atoms with Gasteiger partial charge in [0.1, 0.15) is 18.1 Å². The fraction of sp³-hybridized carbons (Fsp3) is 0.810. The first-order chi connectivity index (χ1) is 13.7. The van der Waals surface area contributed by atoms with Crippen LogP contribution in [-0.2, 0) is 19.2 Å². The maximum Gasteiger partial charge on any atom is 0.326 e. The van der Waals surface area contributed by atoms with Crippen LogP contribution >= 0.6 is 0 Å². The summed E-state index contributed by atoms with van der Waals surface area (Å²) < 4.78 is 0. The first kappa shape index (κ1) is 27.8. The molecule has 0 saturated heterocycles. The number of rotatable bonds is 12. The molecule has 9 nitrogen and oxygen atoms in total. The van der Waals surface area contributed by atoms with E-state index in [-0.39, 0.29) is 23.7 Å². The minimum Gasteiger partial charge on any atom is -0.480 e. The lowest BCUT2D eigenvalue weighted by Crippen LogP contribution is -2.60. The zero-order valence-corrected chi connectivity index (χ0v) is 19.5. The van der Waals surface area contributed by atoms with Crippen LogP contribution in [0.1, 0.15) is 61.8 Å². The Morgan fingerprint density at radius 3 is 1.47 bits per heavy atom. The summed E-state index contributed by atoms with van der Waals surface area (Å²) in [6, 6.07) is -3.62. The van der Waals surface area contributed by atoms with Gasteiger partial charge in [0.05, 0.1) is 6.04 Å². The van der Waals surface area contributed by atoms with Gasteiger partial charge in [0.15, 0.2) is 0 Å². The Balaban J connectivity index is 5.51. The predicted octanol–water partition coefficient (Wildman–Crippen LogP) is 0.867. The van der Waals surface area contributed by atoms with Gasteiger partial charge in [0, 0.05) is 0 Å². The second-order valence-electron chi connectivity index (χ2n) is 8.94. The minimum atomic E-state index is -1.14. The van der Waals surface area contributed by atoms with E-state index in [1.807, 2.05) is 20.8 Å². The Morgan fingerprint density at radius 2 is 1.10 bits per heavy atom. The van der Waals surface area contributed by atoms with Gasteiger partial charge in [-0.3, -0.25) is 14.4 Å². The molecule has 0 unspecified atom stereocenters. The van der Waals surface area contributed by atoms with E-state index in [9.17, 15) is 24.3 Å². The number of carboxylic acids is 1. The van der Waals surface area contributed by atoms with Crippen LogP contribution in [-0.4, -0.2) is 53.0 Å². The van der Waals surface area contributed by atoms with E-state index in [0.717, 1.165) is 0 Å². The van der Waals surface area contributed by atoms with Gasteiger partial charge in [-0.1, -0.05) is 61.8 Å². The standard InChI is InChI=1S/C21H40N4O5/c1-9-13(8)17(20(28)24-16(12(6)7)21(29)30)25-19(27)15(11(4)5)23-18(26)14(22)10(2)3/h10-17H,9,22H2,1-8H3,(H,23,26)(H,24,28)(H,25,27)(H,29,30)/t13-,14-,15-,16-,17-/m0/s1. The molecular weight excluding hydrogens is 388 g/mol. The Hall–Kier alpha value is -2.16. The molecule has 0 fully saturated rings. The molecule has 0 aliphatic carbocycles. The molecule has 0 aliphatic heterocycles. The molecule has 0 heterocycles. The maximum absolute atomic E-state index is 12.9. The van der Waals surface area contributed by atoms with Crippen molar-refractivity contribution in [3.05, 3.63) is 0 Å². The zero-order chi connectivity index (χ0) is 23.8. The molecule has 0 bridgehead atoms. The van der Waals surface area contributed by atoms with Gasteiger partial charge in [-0.15, -0.1) is 0 Å². The van der Waals surface area contributed by atoms with Crippen LogP contribution in [0.15, 0.2) is 0 Å². The van der Waals surface area contributed by atoms with Crippen molar-refractivity contribution in [3.63, 3.8) is 0 Å². The zero-order valence-electron chi connectivity index (χ0n) is 19.5. The van der Waals surface area contributed by atoms with Crippen molar-refractivity contribution in [2.45, 2.75) is 86.0 Å². The average molecular weight is 429 g/mol. The number of nitrogens with one attached hydrogen (secondary N) is 3. The van der Waals surface area contributed by atoms with Gasteiger partial charge in [-0.05, 0) is 23.7 Å². The van der Waals surface area contributed by atoms with Crippen molar-refractivity contribution in [1.82, 2.24) is 16.0 Å². The van der Waals surface area contributed by atoms with Crippen molar-refractivity contribution in [2.75, 3.05) is 0 Å². The molecule has 5 atom stereocenters. The molecule has 0 spiro atoms. The number of hydrogen-bond donors (Lipinski definition) is 5. The van der Waals surface area contributed by atoms with Gasteiger partial charge < -0.3 is 26.8 Å². The van der Waals surface area contributed by atoms with E-state index in [1.165, 1.54) is 0 Å². The monoisotopic (exact) mass is 428 g/mol. The Bertz CT molecular complexity index is 606. The Labute approximate surface area is 179 Å². The van der Waals surface area contributed by atoms with E-state index >= 15 is 0 Å². The van der Waals surface area contributed by atoms with E-state index < -0.39 is 47.9 Å². The van der Waals surface area contributed by atoms with Crippen molar-refractivity contribution in [1.29, 1.82) is 0 Å². The van der Waals surface area contributed by atoms with Crippen molar-refractivity contribution >= 4 is 23.7 Å². The van der Waals surface area contributed by atoms with Crippen molar-refractivity contribution < 1.29 is 24.3 Å². The van der Waals surface area contributed by atoms with Crippen LogP contribution in [0.5, 0.6) is 0 Å². The fourth-order valence-electron chi connectivity index (χ4n) is 2.79. The number of carbonyl (C=O) groups excluding carboxylic acids is 3. The molecule has 0 aromatic rings. The average Bonchev–Trinajstić information content (AvgIpc) is 2.65. The number of nitrogens with two attached hydrogens (primary N) is 1. The number of carbonyl (C=O) groups is 4. The summed E-state index contributed by atoms with van der Waals surface area (Å²) in [6.07, 6.45) is 0.592. The Kier molecular flexibility index (Phi) is 11.6. The van der Waals surface area contributed by atoms with Gasteiger partial charge in [-0.25, -0.2) is 4.79 Å². The maximum atomic E-state index is 12.9. The second-order valence-corrected chi connectivity index (χ2v) is 8.94. The molecule has 3 amide bonds. The third-order valence-electron chi connectivity index (χ3n) is 5.29. The molecule has 6 N–H and O–H groups in total. The first-order valence-corrected chi connectivity index (χ1v) is 10.6. The van der Waals surface area contributed by atoms with Gasteiger partial charge in [0.25, 0.3) is 0 Å².